The first-order chi connectivity index (χ1) is 12.0. The number of benzene rings is 1. The minimum atomic E-state index is 0. The van der Waals surface area contributed by atoms with E-state index in [4.69, 9.17) is 0 Å². The molecule has 6 heteroatoms. The average molecular weight is 380 g/mol. The van der Waals surface area contributed by atoms with Gasteiger partial charge < -0.3 is 16.0 Å². The van der Waals surface area contributed by atoms with Crippen molar-refractivity contribution in [3.63, 3.8) is 0 Å². The highest BCUT2D eigenvalue weighted by molar-refractivity contribution is 5.96. The lowest BCUT2D eigenvalue weighted by Crippen LogP contribution is -2.34. The maximum atomic E-state index is 12.5. The van der Waals surface area contributed by atoms with Crippen LogP contribution in [0.15, 0.2) is 18.2 Å². The summed E-state index contributed by atoms with van der Waals surface area (Å²) in [6.45, 7) is 6.23. The molecule has 1 aromatic rings. The summed E-state index contributed by atoms with van der Waals surface area (Å²) in [5.41, 5.74) is 2.54. The van der Waals surface area contributed by atoms with Crippen molar-refractivity contribution in [2.75, 3.05) is 23.7 Å². The van der Waals surface area contributed by atoms with Crippen LogP contribution in [-0.4, -0.2) is 24.9 Å². The summed E-state index contributed by atoms with van der Waals surface area (Å²) in [6.07, 6.45) is 4.89. The van der Waals surface area contributed by atoms with E-state index in [2.05, 4.69) is 22.9 Å². The zero-order valence-electron chi connectivity index (χ0n) is 15.6. The number of carbonyl (C=O) groups is 2. The molecule has 0 aromatic heterocycles. The molecule has 1 aromatic carbocycles. The third-order valence-electron chi connectivity index (χ3n) is 5.37. The molecule has 144 valence electrons. The van der Waals surface area contributed by atoms with Gasteiger partial charge in [0.2, 0.25) is 11.8 Å². The van der Waals surface area contributed by atoms with Crippen LogP contribution in [0.1, 0.15) is 44.6 Å². The van der Waals surface area contributed by atoms with Gasteiger partial charge in [-0.2, -0.15) is 0 Å². The average Bonchev–Trinajstić information content (AvgIpc) is 3.43. The van der Waals surface area contributed by atoms with Gasteiger partial charge in [0.1, 0.15) is 0 Å². The number of hydrogen-bond donors (Lipinski definition) is 3. The zero-order valence-corrected chi connectivity index (χ0v) is 16.5. The number of aryl methyl sites for hydroxylation is 1. The van der Waals surface area contributed by atoms with Crippen molar-refractivity contribution in [3.05, 3.63) is 23.8 Å². The second kappa shape index (κ2) is 9.38. The minimum Gasteiger partial charge on any atom is -0.326 e. The maximum absolute atomic E-state index is 12.5. The van der Waals surface area contributed by atoms with Crippen molar-refractivity contribution in [3.8, 4) is 0 Å². The molecule has 1 aliphatic heterocycles. The summed E-state index contributed by atoms with van der Waals surface area (Å²) in [5.74, 6) is 1.24. The normalized spacial score (nSPS) is 20.6. The van der Waals surface area contributed by atoms with Crippen molar-refractivity contribution in [1.29, 1.82) is 0 Å². The first kappa shape index (κ1) is 20.7. The Balaban J connectivity index is 0.00000243. The van der Waals surface area contributed by atoms with Gasteiger partial charge in [-0.15, -0.1) is 12.4 Å². The molecule has 0 spiro atoms. The molecule has 0 radical (unpaired) electrons. The Morgan fingerprint density at radius 2 is 2.00 bits per heavy atom. The van der Waals surface area contributed by atoms with Gasteiger partial charge in [0.15, 0.2) is 0 Å². The summed E-state index contributed by atoms with van der Waals surface area (Å²) < 4.78 is 0. The van der Waals surface area contributed by atoms with Crippen LogP contribution in [0.5, 0.6) is 0 Å². The number of rotatable bonds is 6. The van der Waals surface area contributed by atoms with Crippen molar-refractivity contribution in [1.82, 2.24) is 5.32 Å². The Kier molecular flexibility index (Phi) is 7.47. The fourth-order valence-electron chi connectivity index (χ4n) is 3.45. The topological polar surface area (TPSA) is 70.2 Å². The lowest BCUT2D eigenvalue weighted by atomic mass is 9.85. The van der Waals surface area contributed by atoms with Crippen LogP contribution in [0.2, 0.25) is 0 Å². The number of halogens is 1. The second-order valence-corrected chi connectivity index (χ2v) is 7.63. The van der Waals surface area contributed by atoms with Crippen LogP contribution in [0, 0.1) is 24.7 Å². The molecule has 1 heterocycles. The smallest absolute Gasteiger partial charge is 0.227 e. The fraction of sp³-hybridized carbons (Fsp3) is 0.600. The third kappa shape index (κ3) is 5.71. The number of piperidine rings is 1. The van der Waals surface area contributed by atoms with Crippen LogP contribution in [0.4, 0.5) is 11.4 Å². The Hall–Kier alpha value is -1.59. The molecule has 2 amide bonds. The van der Waals surface area contributed by atoms with Gasteiger partial charge in [-0.05, 0) is 75.2 Å². The molecule has 5 nitrogen and oxygen atoms in total. The van der Waals surface area contributed by atoms with Gasteiger partial charge in [0, 0.05) is 23.7 Å². The molecule has 3 rings (SSSR count). The highest BCUT2D eigenvalue weighted by atomic mass is 35.5. The van der Waals surface area contributed by atoms with Crippen molar-refractivity contribution < 1.29 is 9.59 Å². The van der Waals surface area contributed by atoms with Crippen LogP contribution in [0.3, 0.4) is 0 Å². The van der Waals surface area contributed by atoms with Crippen molar-refractivity contribution >= 4 is 35.6 Å². The van der Waals surface area contributed by atoms with Gasteiger partial charge in [-0.3, -0.25) is 9.59 Å². The Morgan fingerprint density at radius 1 is 1.23 bits per heavy atom. The van der Waals surface area contributed by atoms with E-state index in [0.29, 0.717) is 18.3 Å². The molecule has 2 fully saturated rings. The van der Waals surface area contributed by atoms with Gasteiger partial charge >= 0.3 is 0 Å². The number of nitrogens with one attached hydrogen (secondary N) is 3. The number of carbonyl (C=O) groups excluding carboxylic acids is 2. The van der Waals surface area contributed by atoms with Crippen LogP contribution < -0.4 is 16.0 Å². The van der Waals surface area contributed by atoms with E-state index in [1.54, 1.807) is 0 Å². The Bertz CT molecular complexity index is 640. The molecule has 0 bridgehead atoms. The lowest BCUT2D eigenvalue weighted by Gasteiger charge is -2.28. The summed E-state index contributed by atoms with van der Waals surface area (Å²) in [4.78, 5) is 24.4. The number of anilines is 2. The van der Waals surface area contributed by atoms with Gasteiger partial charge in [-0.1, -0.05) is 13.0 Å². The Morgan fingerprint density at radius 3 is 2.65 bits per heavy atom. The van der Waals surface area contributed by atoms with E-state index in [-0.39, 0.29) is 30.1 Å². The first-order valence-electron chi connectivity index (χ1n) is 9.45. The molecule has 1 saturated heterocycles. The Labute approximate surface area is 162 Å². The second-order valence-electron chi connectivity index (χ2n) is 7.63. The summed E-state index contributed by atoms with van der Waals surface area (Å²) in [7, 11) is 0. The molecule has 2 atom stereocenters. The summed E-state index contributed by atoms with van der Waals surface area (Å²) in [6, 6.07) is 5.69. The molecule has 1 aliphatic carbocycles. The van der Waals surface area contributed by atoms with E-state index in [1.165, 1.54) is 12.8 Å². The highest BCUT2D eigenvalue weighted by Crippen LogP contribution is 2.31. The standard InChI is InChI=1S/C20H29N3O2.ClH/c1-13-5-8-17(22-20(25)15-6-7-15)11-18(13)23-19(24)10-14(2)16-4-3-9-21-12-16;/h5,8,11,14-16,21H,3-4,6-7,9-10,12H2,1-2H3,(H,22,25)(H,23,24);1H. The fourth-order valence-corrected chi connectivity index (χ4v) is 3.45. The lowest BCUT2D eigenvalue weighted by molar-refractivity contribution is -0.118. The number of amides is 2. The predicted octanol–water partition coefficient (Wildman–Crippen LogP) is 3.73. The monoisotopic (exact) mass is 379 g/mol. The molecule has 2 unspecified atom stereocenters. The van der Waals surface area contributed by atoms with E-state index < -0.39 is 0 Å². The first-order valence-corrected chi connectivity index (χ1v) is 9.45. The number of hydrogen-bond acceptors (Lipinski definition) is 3. The van der Waals surface area contributed by atoms with Crippen molar-refractivity contribution in [2.45, 2.75) is 46.0 Å². The highest BCUT2D eigenvalue weighted by Gasteiger charge is 2.29. The third-order valence-corrected chi connectivity index (χ3v) is 5.37. The molecule has 2 aliphatic rings. The van der Waals surface area contributed by atoms with E-state index in [0.717, 1.165) is 42.9 Å². The van der Waals surface area contributed by atoms with Gasteiger partial charge in [0.05, 0.1) is 0 Å². The molecule has 3 N–H and O–H groups in total. The predicted molar refractivity (Wildman–Crippen MR) is 108 cm³/mol. The maximum Gasteiger partial charge on any atom is 0.227 e. The molecular formula is C20H30ClN3O2. The van der Waals surface area contributed by atoms with Gasteiger partial charge in [0.25, 0.3) is 0 Å². The quantitative estimate of drug-likeness (QED) is 0.705. The minimum absolute atomic E-state index is 0. The SMILES string of the molecule is Cc1ccc(NC(=O)C2CC2)cc1NC(=O)CC(C)C1CCCNC1.Cl. The largest absolute Gasteiger partial charge is 0.326 e. The molecule has 26 heavy (non-hydrogen) atoms. The van der Waals surface area contributed by atoms with E-state index in [9.17, 15) is 9.59 Å². The van der Waals surface area contributed by atoms with Crippen LogP contribution in [-0.2, 0) is 9.59 Å². The van der Waals surface area contributed by atoms with Gasteiger partial charge in [-0.25, -0.2) is 0 Å². The molecular weight excluding hydrogens is 350 g/mol. The van der Waals surface area contributed by atoms with E-state index in [1.807, 2.05) is 25.1 Å². The summed E-state index contributed by atoms with van der Waals surface area (Å²) >= 11 is 0. The van der Waals surface area contributed by atoms with Crippen LogP contribution >= 0.6 is 12.4 Å². The van der Waals surface area contributed by atoms with Crippen LogP contribution in [0.25, 0.3) is 0 Å². The molecule has 1 saturated carbocycles. The van der Waals surface area contributed by atoms with E-state index >= 15 is 0 Å². The summed E-state index contributed by atoms with van der Waals surface area (Å²) in [5, 5.41) is 9.38. The zero-order chi connectivity index (χ0) is 17.8. The van der Waals surface area contributed by atoms with Crippen molar-refractivity contribution in [2.24, 2.45) is 17.8 Å².